The molecule has 0 radical (unpaired) electrons. The Balaban J connectivity index is 2.07. The number of benzene rings is 2. The molecule has 0 N–H and O–H groups in total. The number of hydrogen-bond acceptors (Lipinski definition) is 2. The van der Waals surface area contributed by atoms with Crippen LogP contribution in [0.15, 0.2) is 59.6 Å². The summed E-state index contributed by atoms with van der Waals surface area (Å²) in [6, 6.07) is 17.3. The first-order chi connectivity index (χ1) is 9.10. The summed E-state index contributed by atoms with van der Waals surface area (Å²) in [6.45, 7) is 4.11. The molecular weight excluding hydrogens is 234 g/mol. The van der Waals surface area contributed by atoms with Crippen molar-refractivity contribution >= 4 is 17.2 Å². The average molecular weight is 249 g/mol. The highest BCUT2D eigenvalue weighted by molar-refractivity contribution is 6.50. The monoisotopic (exact) mass is 249 g/mol. The highest BCUT2D eigenvalue weighted by Crippen LogP contribution is 2.40. The molecule has 0 fully saturated rings. The van der Waals surface area contributed by atoms with Crippen molar-refractivity contribution in [2.45, 2.75) is 19.3 Å². The number of nitrogens with zero attached hydrogens (tertiary/aromatic N) is 1. The summed E-state index contributed by atoms with van der Waals surface area (Å²) in [5.41, 5.74) is 3.02. The topological polar surface area (TPSA) is 29.4 Å². The molecule has 2 aromatic rings. The van der Waals surface area contributed by atoms with E-state index in [0.29, 0.717) is 11.3 Å². The van der Waals surface area contributed by atoms with Gasteiger partial charge in [0.15, 0.2) is 0 Å². The summed E-state index contributed by atoms with van der Waals surface area (Å²) >= 11 is 0. The van der Waals surface area contributed by atoms with Crippen LogP contribution in [0.3, 0.4) is 0 Å². The maximum absolute atomic E-state index is 12.6. The van der Waals surface area contributed by atoms with E-state index in [1.165, 1.54) is 0 Å². The SMILES string of the molecule is CC1(C)C(C(=O)c2ccccc2)=Nc2ccccc21. The van der Waals surface area contributed by atoms with Crippen LogP contribution >= 0.6 is 0 Å². The Hall–Kier alpha value is -2.22. The van der Waals surface area contributed by atoms with E-state index in [-0.39, 0.29) is 11.2 Å². The maximum atomic E-state index is 12.6. The molecule has 0 saturated carbocycles. The lowest BCUT2D eigenvalue weighted by Gasteiger charge is -2.21. The summed E-state index contributed by atoms with van der Waals surface area (Å²) < 4.78 is 0. The lowest BCUT2D eigenvalue weighted by molar-refractivity contribution is 0.106. The van der Waals surface area contributed by atoms with Gasteiger partial charge in [-0.25, -0.2) is 4.99 Å². The zero-order valence-electron chi connectivity index (χ0n) is 11.1. The van der Waals surface area contributed by atoms with Crippen LogP contribution in [0.1, 0.15) is 29.8 Å². The van der Waals surface area contributed by atoms with Gasteiger partial charge in [0.2, 0.25) is 5.78 Å². The Labute approximate surface area is 112 Å². The van der Waals surface area contributed by atoms with Crippen LogP contribution < -0.4 is 0 Å². The molecule has 1 heterocycles. The Morgan fingerprint density at radius 2 is 1.58 bits per heavy atom. The third-order valence-corrected chi connectivity index (χ3v) is 3.65. The van der Waals surface area contributed by atoms with Gasteiger partial charge in [-0.05, 0) is 25.5 Å². The van der Waals surface area contributed by atoms with Crippen molar-refractivity contribution in [1.82, 2.24) is 0 Å². The van der Waals surface area contributed by atoms with E-state index in [1.54, 1.807) is 0 Å². The van der Waals surface area contributed by atoms with Crippen molar-refractivity contribution < 1.29 is 4.79 Å². The smallest absolute Gasteiger partial charge is 0.208 e. The van der Waals surface area contributed by atoms with Crippen molar-refractivity contribution in [2.75, 3.05) is 0 Å². The summed E-state index contributed by atoms with van der Waals surface area (Å²) in [5.74, 6) is 0.0156. The van der Waals surface area contributed by atoms with Gasteiger partial charge in [-0.1, -0.05) is 48.5 Å². The van der Waals surface area contributed by atoms with Gasteiger partial charge in [-0.3, -0.25) is 4.79 Å². The molecule has 19 heavy (non-hydrogen) atoms. The molecule has 0 amide bonds. The second-order valence-electron chi connectivity index (χ2n) is 5.30. The fourth-order valence-corrected chi connectivity index (χ4v) is 2.55. The van der Waals surface area contributed by atoms with Crippen molar-refractivity contribution in [3.63, 3.8) is 0 Å². The standard InChI is InChI=1S/C17H15NO/c1-17(2)13-10-6-7-11-14(13)18-16(17)15(19)12-8-4-3-5-9-12/h3-11H,1-2H3. The highest BCUT2D eigenvalue weighted by atomic mass is 16.1. The van der Waals surface area contributed by atoms with Crippen LogP contribution in [0.25, 0.3) is 0 Å². The molecule has 2 heteroatoms. The second-order valence-corrected chi connectivity index (χ2v) is 5.30. The van der Waals surface area contributed by atoms with Crippen LogP contribution in [0.5, 0.6) is 0 Å². The zero-order chi connectivity index (χ0) is 13.5. The molecule has 94 valence electrons. The van der Waals surface area contributed by atoms with Crippen molar-refractivity contribution in [3.05, 3.63) is 65.7 Å². The number of ketones is 1. The molecule has 0 bridgehead atoms. The lowest BCUT2D eigenvalue weighted by atomic mass is 9.79. The molecule has 0 atom stereocenters. The number of Topliss-reactive ketones (excluding diaryl/α,β-unsaturated/α-hetero) is 1. The largest absolute Gasteiger partial charge is 0.287 e. The molecule has 0 spiro atoms. The Morgan fingerprint density at radius 1 is 0.947 bits per heavy atom. The van der Waals surface area contributed by atoms with Gasteiger partial charge in [-0.15, -0.1) is 0 Å². The first kappa shape index (κ1) is 11.8. The van der Waals surface area contributed by atoms with E-state index in [1.807, 2.05) is 54.6 Å². The minimum absolute atomic E-state index is 0.0156. The molecule has 2 aromatic carbocycles. The molecule has 0 saturated heterocycles. The van der Waals surface area contributed by atoms with Gasteiger partial charge in [0.25, 0.3) is 0 Å². The summed E-state index contributed by atoms with van der Waals surface area (Å²) in [7, 11) is 0. The van der Waals surface area contributed by atoms with Gasteiger partial charge in [-0.2, -0.15) is 0 Å². The average Bonchev–Trinajstić information content (AvgIpc) is 2.71. The molecule has 0 unspecified atom stereocenters. The number of carbonyl (C=O) groups excluding carboxylic acids is 1. The minimum atomic E-state index is -0.330. The van der Waals surface area contributed by atoms with E-state index in [2.05, 4.69) is 18.8 Å². The van der Waals surface area contributed by atoms with Crippen molar-refractivity contribution in [3.8, 4) is 0 Å². The summed E-state index contributed by atoms with van der Waals surface area (Å²) in [4.78, 5) is 17.1. The molecule has 1 aliphatic heterocycles. The highest BCUT2D eigenvalue weighted by Gasteiger charge is 2.38. The zero-order valence-corrected chi connectivity index (χ0v) is 11.1. The molecule has 0 aliphatic carbocycles. The number of rotatable bonds is 2. The fraction of sp³-hybridized carbons (Fsp3) is 0.176. The van der Waals surface area contributed by atoms with E-state index < -0.39 is 0 Å². The predicted octanol–water partition coefficient (Wildman–Crippen LogP) is 3.93. The fourth-order valence-electron chi connectivity index (χ4n) is 2.55. The molecule has 3 rings (SSSR count). The van der Waals surface area contributed by atoms with Crippen LogP contribution in [0.4, 0.5) is 5.69 Å². The number of fused-ring (bicyclic) bond motifs is 1. The van der Waals surface area contributed by atoms with Crippen LogP contribution in [-0.2, 0) is 5.41 Å². The lowest BCUT2D eigenvalue weighted by Crippen LogP contribution is -2.32. The third-order valence-electron chi connectivity index (χ3n) is 3.65. The molecule has 2 nitrogen and oxygen atoms in total. The van der Waals surface area contributed by atoms with E-state index in [4.69, 9.17) is 0 Å². The Kier molecular flexibility index (Phi) is 2.59. The number of aliphatic imine (C=N–C) groups is 1. The van der Waals surface area contributed by atoms with Gasteiger partial charge >= 0.3 is 0 Å². The minimum Gasteiger partial charge on any atom is -0.287 e. The van der Waals surface area contributed by atoms with Gasteiger partial charge in [0.05, 0.1) is 11.4 Å². The molecule has 1 aliphatic rings. The summed E-state index contributed by atoms with van der Waals surface area (Å²) in [6.07, 6.45) is 0. The molecular formula is C17H15NO. The van der Waals surface area contributed by atoms with Gasteiger partial charge in [0.1, 0.15) is 0 Å². The quantitative estimate of drug-likeness (QED) is 0.741. The van der Waals surface area contributed by atoms with E-state index in [9.17, 15) is 4.79 Å². The van der Waals surface area contributed by atoms with Crippen LogP contribution in [0, 0.1) is 0 Å². The summed E-state index contributed by atoms with van der Waals surface area (Å²) in [5, 5.41) is 0. The molecule has 0 aromatic heterocycles. The van der Waals surface area contributed by atoms with Crippen LogP contribution in [-0.4, -0.2) is 11.5 Å². The number of carbonyl (C=O) groups is 1. The van der Waals surface area contributed by atoms with Gasteiger partial charge < -0.3 is 0 Å². The Bertz CT molecular complexity index is 669. The van der Waals surface area contributed by atoms with Crippen LogP contribution in [0.2, 0.25) is 0 Å². The van der Waals surface area contributed by atoms with Crippen molar-refractivity contribution in [1.29, 1.82) is 0 Å². The second kappa shape index (κ2) is 4.16. The first-order valence-electron chi connectivity index (χ1n) is 6.39. The van der Waals surface area contributed by atoms with Crippen molar-refractivity contribution in [2.24, 2.45) is 4.99 Å². The Morgan fingerprint density at radius 3 is 2.26 bits per heavy atom. The normalized spacial score (nSPS) is 15.8. The predicted molar refractivity (Wildman–Crippen MR) is 77.3 cm³/mol. The number of para-hydroxylation sites is 1. The maximum Gasteiger partial charge on any atom is 0.208 e. The first-order valence-corrected chi connectivity index (χ1v) is 6.39. The van der Waals surface area contributed by atoms with E-state index >= 15 is 0 Å². The van der Waals surface area contributed by atoms with E-state index in [0.717, 1.165) is 11.3 Å². The van der Waals surface area contributed by atoms with Gasteiger partial charge in [0, 0.05) is 11.0 Å². The number of hydrogen-bond donors (Lipinski definition) is 0. The third kappa shape index (κ3) is 1.80.